The standard InChI is InChI=1S/C24H25N3O4S3/c28-14(29)6-2-1-3-8-27-22(30)17-12-9-13(18(17)23(27)31)19-16(12)15(11-5-4-7-25-10-11)20-21(33-19)26-24(32)34-20/h4-5,7,10,12-13,15-19H,1-3,6,8-9H2,(H,26,32)(H,28,29). The highest BCUT2D eigenvalue weighted by molar-refractivity contribution is 8.00. The molecular formula is C24H25N3O4S3. The molecule has 4 aliphatic rings. The number of carboxylic acids is 1. The summed E-state index contributed by atoms with van der Waals surface area (Å²) in [6.07, 6.45) is 6.69. The van der Waals surface area contributed by atoms with Crippen LogP contribution in [0.5, 0.6) is 0 Å². The number of nitrogens with one attached hydrogen (secondary N) is 1. The highest BCUT2D eigenvalue weighted by Gasteiger charge is 2.69. The molecule has 4 heterocycles. The van der Waals surface area contributed by atoms with E-state index in [9.17, 15) is 14.4 Å². The maximum atomic E-state index is 13.5. The second-order valence-electron chi connectivity index (χ2n) is 9.78. The minimum absolute atomic E-state index is 0.0123. The lowest BCUT2D eigenvalue weighted by atomic mass is 9.68. The molecule has 6 rings (SSSR count). The monoisotopic (exact) mass is 515 g/mol. The molecule has 2 amide bonds. The Morgan fingerprint density at radius 3 is 2.74 bits per heavy atom. The molecule has 2 N–H and O–H groups in total. The van der Waals surface area contributed by atoms with Gasteiger partial charge in [0.1, 0.15) is 0 Å². The average Bonchev–Trinajstić information content (AvgIpc) is 3.54. The summed E-state index contributed by atoms with van der Waals surface area (Å²) in [6.45, 7) is 0.401. The van der Waals surface area contributed by atoms with Gasteiger partial charge in [-0.25, -0.2) is 0 Å². The Hall–Kier alpha value is -2.04. The van der Waals surface area contributed by atoms with E-state index in [1.165, 1.54) is 9.78 Å². The van der Waals surface area contributed by atoms with E-state index in [2.05, 4.69) is 16.0 Å². The van der Waals surface area contributed by atoms with Crippen molar-refractivity contribution in [2.75, 3.05) is 6.54 Å². The number of fused-ring (bicyclic) bond motifs is 9. The zero-order valence-electron chi connectivity index (χ0n) is 18.4. The first-order valence-electron chi connectivity index (χ1n) is 11.8. The third-order valence-electron chi connectivity index (χ3n) is 8.13. The van der Waals surface area contributed by atoms with E-state index < -0.39 is 5.97 Å². The number of H-pyrrole nitrogens is 1. The van der Waals surface area contributed by atoms with Gasteiger partial charge in [0.05, 0.1) is 16.9 Å². The SMILES string of the molecule is O=C(O)CCCCCN1C(=O)C2C3CC(C2C1=O)C1C(c2cccnc2)c2sc(=S)[nH]c2SC31. The van der Waals surface area contributed by atoms with Crippen LogP contribution in [0.15, 0.2) is 29.6 Å². The molecule has 1 saturated heterocycles. The molecule has 7 atom stereocenters. The molecule has 10 heteroatoms. The predicted octanol–water partition coefficient (Wildman–Crippen LogP) is 4.32. The quantitative estimate of drug-likeness (QED) is 0.322. The van der Waals surface area contributed by atoms with E-state index in [4.69, 9.17) is 17.3 Å². The van der Waals surface area contributed by atoms with E-state index >= 15 is 0 Å². The number of amides is 2. The number of pyridine rings is 1. The molecule has 7 nitrogen and oxygen atoms in total. The molecule has 2 aromatic rings. The van der Waals surface area contributed by atoms with Crippen molar-refractivity contribution in [3.05, 3.63) is 38.9 Å². The van der Waals surface area contributed by atoms with Crippen LogP contribution in [0.3, 0.4) is 0 Å². The number of unbranched alkanes of at least 4 members (excludes halogenated alkanes) is 2. The van der Waals surface area contributed by atoms with Crippen LogP contribution < -0.4 is 0 Å². The van der Waals surface area contributed by atoms with Gasteiger partial charge in [-0.05, 0) is 60.9 Å². The number of hydrogen-bond acceptors (Lipinski definition) is 7. The molecule has 2 saturated carbocycles. The van der Waals surface area contributed by atoms with Gasteiger partial charge in [-0.15, -0.1) is 23.1 Å². The van der Waals surface area contributed by atoms with Gasteiger partial charge in [0.2, 0.25) is 11.8 Å². The number of imide groups is 1. The van der Waals surface area contributed by atoms with Crippen LogP contribution in [0, 0.1) is 33.5 Å². The Balaban J connectivity index is 1.28. The Morgan fingerprint density at radius 1 is 1.21 bits per heavy atom. The maximum Gasteiger partial charge on any atom is 0.303 e. The molecule has 3 fully saturated rings. The number of thioether (sulfide) groups is 1. The van der Waals surface area contributed by atoms with E-state index in [1.807, 2.05) is 24.0 Å². The summed E-state index contributed by atoms with van der Waals surface area (Å²) >= 11 is 8.92. The molecule has 7 unspecified atom stereocenters. The minimum atomic E-state index is -0.809. The number of rotatable bonds is 7. The van der Waals surface area contributed by atoms with Crippen molar-refractivity contribution in [2.24, 2.45) is 29.6 Å². The van der Waals surface area contributed by atoms with Gasteiger partial charge in [-0.3, -0.25) is 24.3 Å². The summed E-state index contributed by atoms with van der Waals surface area (Å²) < 4.78 is 0.764. The number of aromatic amines is 1. The summed E-state index contributed by atoms with van der Waals surface area (Å²) in [7, 11) is 0. The van der Waals surface area contributed by atoms with Crippen LogP contribution in [0.1, 0.15) is 48.5 Å². The van der Waals surface area contributed by atoms with Crippen LogP contribution in [0.2, 0.25) is 0 Å². The fourth-order valence-electron chi connectivity index (χ4n) is 6.96. The van der Waals surface area contributed by atoms with Gasteiger partial charge in [0.25, 0.3) is 0 Å². The Bertz CT molecular complexity index is 1210. The minimum Gasteiger partial charge on any atom is -0.481 e. The lowest BCUT2D eigenvalue weighted by molar-refractivity contribution is -0.141. The van der Waals surface area contributed by atoms with Crippen LogP contribution >= 0.6 is 35.3 Å². The fourth-order valence-corrected chi connectivity index (χ4v) is 10.3. The van der Waals surface area contributed by atoms with E-state index in [0.29, 0.717) is 25.8 Å². The van der Waals surface area contributed by atoms with Crippen molar-refractivity contribution < 1.29 is 19.5 Å². The summed E-state index contributed by atoms with van der Waals surface area (Å²) in [6, 6.07) is 4.08. The number of aliphatic carboxylic acids is 1. The molecule has 0 spiro atoms. The maximum absolute atomic E-state index is 13.5. The lowest BCUT2D eigenvalue weighted by Crippen LogP contribution is -2.42. The van der Waals surface area contributed by atoms with Crippen LogP contribution in [0.4, 0.5) is 0 Å². The molecule has 2 aliphatic heterocycles. The van der Waals surface area contributed by atoms with E-state index in [0.717, 1.165) is 21.0 Å². The Kier molecular flexibility index (Phi) is 5.65. The summed E-state index contributed by atoms with van der Waals surface area (Å²) in [5.41, 5.74) is 1.15. The van der Waals surface area contributed by atoms with Crippen molar-refractivity contribution in [1.82, 2.24) is 14.9 Å². The Morgan fingerprint density at radius 2 is 2.00 bits per heavy atom. The highest BCUT2D eigenvalue weighted by atomic mass is 32.2. The smallest absolute Gasteiger partial charge is 0.303 e. The fraction of sp³-hybridized carbons (Fsp3) is 0.542. The topological polar surface area (TPSA) is 103 Å². The van der Waals surface area contributed by atoms with Gasteiger partial charge in [-0.1, -0.05) is 12.5 Å². The molecular weight excluding hydrogens is 490 g/mol. The largest absolute Gasteiger partial charge is 0.481 e. The molecule has 2 bridgehead atoms. The Labute approximate surface area is 210 Å². The third-order valence-corrected chi connectivity index (χ3v) is 11.1. The number of carboxylic acid groups (broad SMARTS) is 1. The van der Waals surface area contributed by atoms with Crippen LogP contribution in [0.25, 0.3) is 0 Å². The van der Waals surface area contributed by atoms with Gasteiger partial charge in [-0.2, -0.15) is 0 Å². The highest BCUT2D eigenvalue weighted by Crippen LogP contribution is 2.68. The lowest BCUT2D eigenvalue weighted by Gasteiger charge is -2.42. The molecule has 0 aromatic carbocycles. The van der Waals surface area contributed by atoms with Crippen molar-refractivity contribution >= 4 is 53.1 Å². The van der Waals surface area contributed by atoms with Gasteiger partial charge in [0, 0.05) is 41.4 Å². The first-order valence-corrected chi connectivity index (χ1v) is 13.9. The van der Waals surface area contributed by atoms with Crippen molar-refractivity contribution in [2.45, 2.75) is 48.3 Å². The van der Waals surface area contributed by atoms with E-state index in [1.54, 1.807) is 17.5 Å². The zero-order chi connectivity index (χ0) is 23.6. The second-order valence-corrected chi connectivity index (χ2v) is 12.7. The average molecular weight is 516 g/mol. The van der Waals surface area contributed by atoms with Gasteiger partial charge >= 0.3 is 5.97 Å². The number of hydrogen-bond donors (Lipinski definition) is 2. The first-order chi connectivity index (χ1) is 16.5. The van der Waals surface area contributed by atoms with E-state index in [-0.39, 0.29) is 59.0 Å². The number of aromatic nitrogens is 2. The first kappa shape index (κ1) is 22.4. The van der Waals surface area contributed by atoms with Gasteiger partial charge in [0.15, 0.2) is 3.95 Å². The normalized spacial score (nSPS) is 33.2. The summed E-state index contributed by atoms with van der Waals surface area (Å²) in [4.78, 5) is 48.1. The van der Waals surface area contributed by atoms with Crippen molar-refractivity contribution in [3.8, 4) is 0 Å². The number of carbonyl (C=O) groups is 3. The third kappa shape index (κ3) is 3.40. The number of carbonyl (C=O) groups excluding carboxylic acids is 2. The number of thiazole rings is 1. The molecule has 178 valence electrons. The van der Waals surface area contributed by atoms with Crippen molar-refractivity contribution in [3.63, 3.8) is 0 Å². The second kappa shape index (κ2) is 8.57. The molecule has 0 radical (unpaired) electrons. The van der Waals surface area contributed by atoms with Crippen LogP contribution in [-0.2, 0) is 14.4 Å². The molecule has 2 aliphatic carbocycles. The predicted molar refractivity (Wildman–Crippen MR) is 130 cm³/mol. The molecule has 34 heavy (non-hydrogen) atoms. The van der Waals surface area contributed by atoms with Crippen LogP contribution in [-0.4, -0.2) is 49.6 Å². The summed E-state index contributed by atoms with van der Waals surface area (Å²) in [5, 5.41) is 10.2. The number of nitrogens with zero attached hydrogens (tertiary/aromatic N) is 2. The molecule has 2 aromatic heterocycles. The van der Waals surface area contributed by atoms with Gasteiger partial charge < -0.3 is 10.1 Å². The summed E-state index contributed by atoms with van der Waals surface area (Å²) in [5.74, 6) is -0.505. The van der Waals surface area contributed by atoms with Crippen molar-refractivity contribution in [1.29, 1.82) is 0 Å². The number of likely N-dealkylation sites (tertiary alicyclic amines) is 1. The zero-order valence-corrected chi connectivity index (χ0v) is 20.8.